The molecule has 0 saturated carbocycles. The maximum Gasteiger partial charge on any atom is 0.243 e. The quantitative estimate of drug-likeness (QED) is 0.507. The van der Waals surface area contributed by atoms with Gasteiger partial charge in [-0.2, -0.15) is 4.31 Å². The van der Waals surface area contributed by atoms with Crippen molar-refractivity contribution in [2.45, 2.75) is 16.7 Å². The second-order valence-electron chi connectivity index (χ2n) is 6.61. The van der Waals surface area contributed by atoms with E-state index in [1.165, 1.54) is 41.2 Å². The van der Waals surface area contributed by atoms with Crippen LogP contribution in [0.4, 0.5) is 4.39 Å². The van der Waals surface area contributed by atoms with Crippen molar-refractivity contribution < 1.29 is 17.6 Å². The average molecular weight is 423 g/mol. The molecule has 8 heteroatoms. The minimum Gasteiger partial charge on any atom is -0.300 e. The van der Waals surface area contributed by atoms with E-state index in [1.807, 2.05) is 6.07 Å². The van der Waals surface area contributed by atoms with Crippen molar-refractivity contribution in [2.24, 2.45) is 0 Å². The van der Waals surface area contributed by atoms with Crippen molar-refractivity contribution in [3.63, 3.8) is 0 Å². The monoisotopic (exact) mass is 422 g/mol. The molecule has 2 aromatic carbocycles. The van der Waals surface area contributed by atoms with Crippen molar-refractivity contribution in [1.82, 2.24) is 9.21 Å². The number of nitrogens with zero attached hydrogens (tertiary/aromatic N) is 2. The second kappa shape index (κ2) is 9.17. The van der Waals surface area contributed by atoms with Gasteiger partial charge in [-0.3, -0.25) is 9.69 Å². The van der Waals surface area contributed by atoms with Crippen LogP contribution in [0.25, 0.3) is 0 Å². The van der Waals surface area contributed by atoms with E-state index in [9.17, 15) is 17.6 Å². The third kappa shape index (κ3) is 5.00. The number of Topliss-reactive ketones (excluding diaryl/α,β-unsaturated/α-hetero) is 1. The lowest BCUT2D eigenvalue weighted by atomic mass is 10.2. The molecule has 1 saturated heterocycles. The molecule has 0 radical (unpaired) electrons. The van der Waals surface area contributed by atoms with Crippen LogP contribution in [0.3, 0.4) is 0 Å². The largest absolute Gasteiger partial charge is 0.300 e. The van der Waals surface area contributed by atoms with E-state index in [1.54, 1.807) is 24.3 Å². The topological polar surface area (TPSA) is 57.7 Å². The fourth-order valence-corrected chi connectivity index (χ4v) is 5.42. The third-order valence-corrected chi connectivity index (χ3v) is 7.67. The van der Waals surface area contributed by atoms with E-state index in [2.05, 4.69) is 4.90 Å². The number of sulfonamides is 1. The molecule has 2 aromatic rings. The normalized spacial score (nSPS) is 16.2. The fourth-order valence-electron chi connectivity index (χ4n) is 3.05. The molecule has 5 nitrogen and oxygen atoms in total. The number of piperazine rings is 1. The molecule has 1 aliphatic heterocycles. The lowest BCUT2D eigenvalue weighted by Crippen LogP contribution is -2.49. The first-order valence-electron chi connectivity index (χ1n) is 9.09. The first-order chi connectivity index (χ1) is 13.4. The number of hydrogen-bond donors (Lipinski definition) is 0. The van der Waals surface area contributed by atoms with Gasteiger partial charge in [-0.1, -0.05) is 24.3 Å². The Balaban J connectivity index is 1.51. The summed E-state index contributed by atoms with van der Waals surface area (Å²) >= 11 is 1.47. The van der Waals surface area contributed by atoms with Gasteiger partial charge in [0.2, 0.25) is 10.0 Å². The number of ketones is 1. The Morgan fingerprint density at radius 3 is 2.29 bits per heavy atom. The highest BCUT2D eigenvalue weighted by molar-refractivity contribution is 7.99. The summed E-state index contributed by atoms with van der Waals surface area (Å²) in [7, 11) is -3.56. The molecule has 0 aromatic heterocycles. The first-order valence-corrected chi connectivity index (χ1v) is 11.5. The Hall–Kier alpha value is -1.74. The molecular formula is C20H23FN2O3S2. The molecule has 0 bridgehead atoms. The van der Waals surface area contributed by atoms with Crippen LogP contribution < -0.4 is 0 Å². The molecule has 3 rings (SSSR count). The Kier molecular flexibility index (Phi) is 6.87. The fraction of sp³-hybridized carbons (Fsp3) is 0.350. The smallest absolute Gasteiger partial charge is 0.243 e. The van der Waals surface area contributed by atoms with E-state index >= 15 is 0 Å². The highest BCUT2D eigenvalue weighted by Gasteiger charge is 2.28. The van der Waals surface area contributed by atoms with Crippen LogP contribution in [0.5, 0.6) is 0 Å². The minimum absolute atomic E-state index is 0.0918. The number of carbonyl (C=O) groups excluding carboxylic acids is 1. The van der Waals surface area contributed by atoms with Crippen LogP contribution in [0.2, 0.25) is 0 Å². The van der Waals surface area contributed by atoms with E-state index in [4.69, 9.17) is 0 Å². The standard InChI is InChI=1S/C20H23FN2O3S2/c1-16(24)17-6-8-18(9-7-17)28(25,26)23-12-10-22(11-13-23)14-15-27-20-5-3-2-4-19(20)21/h2-9H,10-15H2,1H3. The summed E-state index contributed by atoms with van der Waals surface area (Å²) in [5.74, 6) is 0.449. The number of rotatable bonds is 7. The predicted molar refractivity (Wildman–Crippen MR) is 109 cm³/mol. The first kappa shape index (κ1) is 21.0. The SMILES string of the molecule is CC(=O)c1ccc(S(=O)(=O)N2CCN(CCSc3ccccc3F)CC2)cc1. The maximum absolute atomic E-state index is 13.6. The Morgan fingerprint density at radius 1 is 1.04 bits per heavy atom. The van der Waals surface area contributed by atoms with Gasteiger partial charge in [0, 0.05) is 48.9 Å². The summed E-state index contributed by atoms with van der Waals surface area (Å²) in [6.45, 7) is 4.35. The summed E-state index contributed by atoms with van der Waals surface area (Å²) in [6, 6.07) is 12.8. The second-order valence-corrected chi connectivity index (χ2v) is 9.68. The molecule has 1 fully saturated rings. The van der Waals surface area contributed by atoms with Gasteiger partial charge in [-0.15, -0.1) is 11.8 Å². The van der Waals surface area contributed by atoms with Gasteiger partial charge in [0.05, 0.1) is 4.90 Å². The van der Waals surface area contributed by atoms with Crippen molar-refractivity contribution >= 4 is 27.6 Å². The predicted octanol–water partition coefficient (Wildman–Crippen LogP) is 3.13. The summed E-state index contributed by atoms with van der Waals surface area (Å²) in [6.07, 6.45) is 0. The zero-order valence-corrected chi connectivity index (χ0v) is 17.3. The molecule has 0 spiro atoms. The maximum atomic E-state index is 13.6. The molecule has 0 N–H and O–H groups in total. The number of benzene rings is 2. The van der Waals surface area contributed by atoms with Crippen LogP contribution in [0.15, 0.2) is 58.3 Å². The van der Waals surface area contributed by atoms with E-state index in [0.29, 0.717) is 36.6 Å². The summed E-state index contributed by atoms with van der Waals surface area (Å²) in [4.78, 5) is 14.4. The van der Waals surface area contributed by atoms with Gasteiger partial charge >= 0.3 is 0 Å². The molecule has 28 heavy (non-hydrogen) atoms. The Morgan fingerprint density at radius 2 is 1.68 bits per heavy atom. The van der Waals surface area contributed by atoms with E-state index in [-0.39, 0.29) is 16.5 Å². The zero-order valence-electron chi connectivity index (χ0n) is 15.7. The van der Waals surface area contributed by atoms with Crippen LogP contribution in [0.1, 0.15) is 17.3 Å². The van der Waals surface area contributed by atoms with Crippen LogP contribution in [-0.4, -0.2) is 61.9 Å². The summed E-state index contributed by atoms with van der Waals surface area (Å²) < 4.78 is 40.7. The van der Waals surface area contributed by atoms with Gasteiger partial charge in [0.15, 0.2) is 5.78 Å². The minimum atomic E-state index is -3.56. The third-order valence-electron chi connectivity index (χ3n) is 4.73. The Bertz CT molecular complexity index is 925. The highest BCUT2D eigenvalue weighted by Crippen LogP contribution is 2.22. The van der Waals surface area contributed by atoms with Gasteiger partial charge in [-0.05, 0) is 31.2 Å². The van der Waals surface area contributed by atoms with Gasteiger partial charge in [-0.25, -0.2) is 12.8 Å². The van der Waals surface area contributed by atoms with Crippen molar-refractivity contribution in [2.75, 3.05) is 38.5 Å². The van der Waals surface area contributed by atoms with Crippen molar-refractivity contribution in [1.29, 1.82) is 0 Å². The molecule has 0 atom stereocenters. The molecule has 1 heterocycles. The van der Waals surface area contributed by atoms with E-state index < -0.39 is 10.0 Å². The summed E-state index contributed by atoms with van der Waals surface area (Å²) in [5, 5.41) is 0. The van der Waals surface area contributed by atoms with Crippen LogP contribution in [0, 0.1) is 5.82 Å². The van der Waals surface area contributed by atoms with E-state index in [0.717, 1.165) is 12.3 Å². The molecule has 150 valence electrons. The van der Waals surface area contributed by atoms with Gasteiger partial charge in [0.25, 0.3) is 0 Å². The Labute approximate surface area is 169 Å². The van der Waals surface area contributed by atoms with Gasteiger partial charge in [0.1, 0.15) is 5.82 Å². The molecule has 1 aliphatic rings. The zero-order chi connectivity index (χ0) is 20.1. The van der Waals surface area contributed by atoms with Gasteiger partial charge < -0.3 is 0 Å². The number of hydrogen-bond acceptors (Lipinski definition) is 5. The van der Waals surface area contributed by atoms with Crippen molar-refractivity contribution in [3.8, 4) is 0 Å². The lowest BCUT2D eigenvalue weighted by molar-refractivity contribution is 0.101. The van der Waals surface area contributed by atoms with Crippen LogP contribution in [-0.2, 0) is 10.0 Å². The summed E-state index contributed by atoms with van der Waals surface area (Å²) in [5.41, 5.74) is 0.496. The van der Waals surface area contributed by atoms with Crippen molar-refractivity contribution in [3.05, 3.63) is 59.9 Å². The number of thioether (sulfide) groups is 1. The van der Waals surface area contributed by atoms with Crippen LogP contribution >= 0.6 is 11.8 Å². The molecule has 0 unspecified atom stereocenters. The molecule has 0 aliphatic carbocycles. The number of carbonyl (C=O) groups is 1. The lowest BCUT2D eigenvalue weighted by Gasteiger charge is -2.33. The molecule has 0 amide bonds. The highest BCUT2D eigenvalue weighted by atomic mass is 32.2. The number of halogens is 1. The average Bonchev–Trinajstić information content (AvgIpc) is 2.70. The molecular weight excluding hydrogens is 399 g/mol.